The molecule has 1 fully saturated rings. The first-order valence-electron chi connectivity index (χ1n) is 7.42. The zero-order valence-electron chi connectivity index (χ0n) is 12.3. The molecule has 3 heteroatoms. The number of hydrogen-bond donors (Lipinski definition) is 0. The second kappa shape index (κ2) is 5.90. The Morgan fingerprint density at radius 2 is 1.95 bits per heavy atom. The fraction of sp³-hybridized carbons (Fsp3) is 0.471. The van der Waals surface area contributed by atoms with Crippen LogP contribution in [0.3, 0.4) is 0 Å². The van der Waals surface area contributed by atoms with Crippen molar-refractivity contribution in [3.05, 3.63) is 41.6 Å². The molecule has 0 amide bonds. The van der Waals surface area contributed by atoms with Crippen molar-refractivity contribution >= 4 is 10.9 Å². The monoisotopic (exact) mass is 270 g/mol. The quantitative estimate of drug-likeness (QED) is 0.856. The molecule has 2 heterocycles. The minimum absolute atomic E-state index is 0.479. The van der Waals surface area contributed by atoms with E-state index >= 15 is 0 Å². The van der Waals surface area contributed by atoms with Gasteiger partial charge in [-0.2, -0.15) is 0 Å². The van der Waals surface area contributed by atoms with Crippen LogP contribution < -0.4 is 0 Å². The van der Waals surface area contributed by atoms with Crippen LogP contribution in [-0.4, -0.2) is 36.2 Å². The molecule has 106 valence electrons. The van der Waals surface area contributed by atoms with Gasteiger partial charge in [-0.15, -0.1) is 0 Å². The number of morpholine rings is 1. The molecule has 1 saturated heterocycles. The van der Waals surface area contributed by atoms with Gasteiger partial charge in [0.15, 0.2) is 0 Å². The van der Waals surface area contributed by atoms with E-state index in [1.165, 1.54) is 16.6 Å². The molecule has 0 radical (unpaired) electrons. The van der Waals surface area contributed by atoms with Gasteiger partial charge in [-0.25, -0.2) is 0 Å². The third kappa shape index (κ3) is 3.00. The molecule has 0 spiro atoms. The van der Waals surface area contributed by atoms with Gasteiger partial charge in [0.2, 0.25) is 0 Å². The van der Waals surface area contributed by atoms with Crippen LogP contribution in [0.25, 0.3) is 10.9 Å². The van der Waals surface area contributed by atoms with Gasteiger partial charge in [-0.3, -0.25) is 9.88 Å². The van der Waals surface area contributed by atoms with Crippen molar-refractivity contribution in [3.8, 4) is 0 Å². The van der Waals surface area contributed by atoms with Crippen molar-refractivity contribution in [2.24, 2.45) is 0 Å². The van der Waals surface area contributed by atoms with E-state index in [1.54, 1.807) is 0 Å². The fourth-order valence-electron chi connectivity index (χ4n) is 2.63. The zero-order valence-corrected chi connectivity index (χ0v) is 12.3. The predicted molar refractivity (Wildman–Crippen MR) is 81.9 cm³/mol. The van der Waals surface area contributed by atoms with E-state index in [1.807, 2.05) is 0 Å². The van der Waals surface area contributed by atoms with Crippen LogP contribution in [0.1, 0.15) is 31.0 Å². The summed E-state index contributed by atoms with van der Waals surface area (Å²) in [6, 6.07) is 11.0. The summed E-state index contributed by atoms with van der Waals surface area (Å²) in [4.78, 5) is 7.17. The van der Waals surface area contributed by atoms with E-state index in [4.69, 9.17) is 9.72 Å². The van der Waals surface area contributed by atoms with Crippen LogP contribution in [0.4, 0.5) is 0 Å². The Kier molecular flexibility index (Phi) is 3.99. The van der Waals surface area contributed by atoms with Gasteiger partial charge in [0.1, 0.15) is 0 Å². The molecule has 1 aliphatic rings. The van der Waals surface area contributed by atoms with E-state index in [0.29, 0.717) is 5.92 Å². The molecule has 0 atom stereocenters. The normalized spacial score (nSPS) is 16.9. The highest BCUT2D eigenvalue weighted by molar-refractivity contribution is 5.79. The lowest BCUT2D eigenvalue weighted by Crippen LogP contribution is -2.35. The van der Waals surface area contributed by atoms with Crippen molar-refractivity contribution in [2.45, 2.75) is 26.3 Å². The third-order valence-electron chi connectivity index (χ3n) is 3.88. The van der Waals surface area contributed by atoms with Crippen LogP contribution in [-0.2, 0) is 11.3 Å². The summed E-state index contributed by atoms with van der Waals surface area (Å²) < 4.78 is 5.39. The smallest absolute Gasteiger partial charge is 0.0705 e. The van der Waals surface area contributed by atoms with Gasteiger partial charge in [-0.1, -0.05) is 26.0 Å². The molecule has 0 unspecified atom stereocenters. The van der Waals surface area contributed by atoms with Crippen molar-refractivity contribution in [3.63, 3.8) is 0 Å². The number of ether oxygens (including phenoxy) is 1. The van der Waals surface area contributed by atoms with Crippen molar-refractivity contribution < 1.29 is 4.74 Å². The number of rotatable bonds is 3. The average molecular weight is 270 g/mol. The van der Waals surface area contributed by atoms with Crippen molar-refractivity contribution in [1.29, 1.82) is 0 Å². The lowest BCUT2D eigenvalue weighted by molar-refractivity contribution is 0.0342. The number of nitrogens with zero attached hydrogens (tertiary/aromatic N) is 2. The highest BCUT2D eigenvalue weighted by Gasteiger charge is 2.11. The molecule has 0 N–H and O–H groups in total. The molecule has 1 aliphatic heterocycles. The number of fused-ring (bicyclic) bond motifs is 1. The highest BCUT2D eigenvalue weighted by atomic mass is 16.5. The second-order valence-electron chi connectivity index (χ2n) is 5.81. The Labute approximate surface area is 120 Å². The lowest BCUT2D eigenvalue weighted by atomic mass is 10.1. The fourth-order valence-corrected chi connectivity index (χ4v) is 2.63. The van der Waals surface area contributed by atoms with E-state index in [2.05, 4.69) is 49.1 Å². The summed E-state index contributed by atoms with van der Waals surface area (Å²) >= 11 is 0. The first-order chi connectivity index (χ1) is 9.72. The Balaban J connectivity index is 1.81. The van der Waals surface area contributed by atoms with Crippen LogP contribution in [0.2, 0.25) is 0 Å². The van der Waals surface area contributed by atoms with Crippen LogP contribution in [0.15, 0.2) is 30.3 Å². The molecule has 0 saturated carbocycles. The van der Waals surface area contributed by atoms with Crippen LogP contribution in [0.5, 0.6) is 0 Å². The van der Waals surface area contributed by atoms with Crippen LogP contribution in [0, 0.1) is 0 Å². The first kappa shape index (κ1) is 13.5. The molecule has 1 aromatic heterocycles. The molecular formula is C17H22N2O. The first-order valence-corrected chi connectivity index (χ1v) is 7.42. The lowest BCUT2D eigenvalue weighted by Gasteiger charge is -2.26. The van der Waals surface area contributed by atoms with Crippen molar-refractivity contribution in [1.82, 2.24) is 9.88 Å². The molecule has 2 aromatic rings. The van der Waals surface area contributed by atoms with Gasteiger partial charge in [0.25, 0.3) is 0 Å². The molecule has 1 aromatic carbocycles. The molecule has 0 bridgehead atoms. The maximum atomic E-state index is 5.39. The number of pyridine rings is 1. The van der Waals surface area contributed by atoms with E-state index < -0.39 is 0 Å². The predicted octanol–water partition coefficient (Wildman–Crippen LogP) is 3.19. The molecular weight excluding hydrogens is 248 g/mol. The van der Waals surface area contributed by atoms with E-state index in [0.717, 1.165) is 38.4 Å². The second-order valence-corrected chi connectivity index (χ2v) is 5.81. The number of aromatic nitrogens is 1. The maximum absolute atomic E-state index is 5.39. The van der Waals surface area contributed by atoms with Gasteiger partial charge in [0, 0.05) is 30.7 Å². The summed E-state index contributed by atoms with van der Waals surface area (Å²) in [6.07, 6.45) is 0. The Morgan fingerprint density at radius 3 is 2.70 bits per heavy atom. The molecule has 3 nitrogen and oxygen atoms in total. The largest absolute Gasteiger partial charge is 0.379 e. The zero-order chi connectivity index (χ0) is 13.9. The van der Waals surface area contributed by atoms with Crippen molar-refractivity contribution in [2.75, 3.05) is 26.3 Å². The Hall–Kier alpha value is -1.45. The van der Waals surface area contributed by atoms with Gasteiger partial charge >= 0.3 is 0 Å². The SMILES string of the molecule is CC(C)c1ccc2cc(CN3CCOCC3)ccc2n1. The topological polar surface area (TPSA) is 25.4 Å². The maximum Gasteiger partial charge on any atom is 0.0705 e. The minimum atomic E-state index is 0.479. The Morgan fingerprint density at radius 1 is 1.15 bits per heavy atom. The van der Waals surface area contributed by atoms with Gasteiger partial charge in [-0.05, 0) is 29.7 Å². The average Bonchev–Trinajstić information content (AvgIpc) is 2.47. The van der Waals surface area contributed by atoms with E-state index in [9.17, 15) is 0 Å². The molecule has 20 heavy (non-hydrogen) atoms. The van der Waals surface area contributed by atoms with Crippen LogP contribution >= 0.6 is 0 Å². The summed E-state index contributed by atoms with van der Waals surface area (Å²) in [5, 5.41) is 1.24. The summed E-state index contributed by atoms with van der Waals surface area (Å²) in [6.45, 7) is 9.14. The van der Waals surface area contributed by atoms with Gasteiger partial charge < -0.3 is 4.74 Å². The summed E-state index contributed by atoms with van der Waals surface area (Å²) in [5.41, 5.74) is 3.62. The number of benzene rings is 1. The standard InChI is InChI=1S/C17H22N2O/c1-13(2)16-6-4-15-11-14(3-5-17(15)18-16)12-19-7-9-20-10-8-19/h3-6,11,13H,7-10,12H2,1-2H3. The molecule has 0 aliphatic carbocycles. The third-order valence-corrected chi connectivity index (χ3v) is 3.88. The molecule has 3 rings (SSSR count). The van der Waals surface area contributed by atoms with Gasteiger partial charge in [0.05, 0.1) is 18.7 Å². The number of hydrogen-bond acceptors (Lipinski definition) is 3. The highest BCUT2D eigenvalue weighted by Crippen LogP contribution is 2.20. The minimum Gasteiger partial charge on any atom is -0.379 e. The summed E-state index contributed by atoms with van der Waals surface area (Å²) in [5.74, 6) is 0.479. The Bertz CT molecular complexity index is 589. The summed E-state index contributed by atoms with van der Waals surface area (Å²) in [7, 11) is 0. The van der Waals surface area contributed by atoms with E-state index in [-0.39, 0.29) is 0 Å².